The molecular formula is C22H19N3O2. The lowest BCUT2D eigenvalue weighted by atomic mass is 9.96. The second-order valence-electron chi connectivity index (χ2n) is 6.14. The molecule has 27 heavy (non-hydrogen) atoms. The SMILES string of the molecule is COc1ccc([C@H](Nc2ccccn2)c2ccc3cccnc3c2O)cc1. The number of anilines is 1. The summed E-state index contributed by atoms with van der Waals surface area (Å²) in [5.41, 5.74) is 2.29. The van der Waals surface area contributed by atoms with Crippen LogP contribution in [0.2, 0.25) is 0 Å². The van der Waals surface area contributed by atoms with Gasteiger partial charge in [0.25, 0.3) is 0 Å². The van der Waals surface area contributed by atoms with Crippen LogP contribution >= 0.6 is 0 Å². The van der Waals surface area contributed by atoms with Crippen molar-refractivity contribution in [2.45, 2.75) is 6.04 Å². The second-order valence-corrected chi connectivity index (χ2v) is 6.14. The first-order chi connectivity index (χ1) is 13.3. The summed E-state index contributed by atoms with van der Waals surface area (Å²) in [6, 6.07) is 20.8. The van der Waals surface area contributed by atoms with Gasteiger partial charge in [0, 0.05) is 23.3 Å². The monoisotopic (exact) mass is 357 g/mol. The smallest absolute Gasteiger partial charge is 0.147 e. The van der Waals surface area contributed by atoms with E-state index in [1.165, 1.54) is 0 Å². The number of aromatic hydroxyl groups is 1. The Morgan fingerprint density at radius 1 is 0.889 bits per heavy atom. The number of phenols is 1. The van der Waals surface area contributed by atoms with Gasteiger partial charge in [-0.15, -0.1) is 0 Å². The predicted octanol–water partition coefficient (Wildman–Crippen LogP) is 4.55. The van der Waals surface area contributed by atoms with Crippen molar-refractivity contribution in [3.8, 4) is 11.5 Å². The summed E-state index contributed by atoms with van der Waals surface area (Å²) in [4.78, 5) is 8.70. The van der Waals surface area contributed by atoms with Crippen LogP contribution in [0.1, 0.15) is 17.2 Å². The average molecular weight is 357 g/mol. The van der Waals surface area contributed by atoms with Gasteiger partial charge < -0.3 is 15.2 Å². The standard InChI is InChI=1S/C22H19N3O2/c1-27-17-10-7-16(8-11-17)20(25-19-6-2-3-13-23-19)18-12-9-15-5-4-14-24-21(15)22(18)26/h2-14,20,26H,1H3,(H,23,25)/t20-/m0/s1. The summed E-state index contributed by atoms with van der Waals surface area (Å²) in [6.45, 7) is 0. The van der Waals surface area contributed by atoms with Crippen LogP contribution in [-0.4, -0.2) is 22.2 Å². The van der Waals surface area contributed by atoms with Crippen molar-refractivity contribution < 1.29 is 9.84 Å². The van der Waals surface area contributed by atoms with E-state index in [1.54, 1.807) is 19.5 Å². The van der Waals surface area contributed by atoms with E-state index in [9.17, 15) is 5.11 Å². The number of methoxy groups -OCH3 is 1. The maximum absolute atomic E-state index is 10.9. The highest BCUT2D eigenvalue weighted by molar-refractivity contribution is 5.86. The van der Waals surface area contributed by atoms with Crippen molar-refractivity contribution in [1.29, 1.82) is 0 Å². The summed E-state index contributed by atoms with van der Waals surface area (Å²) in [5.74, 6) is 1.66. The number of ether oxygens (including phenoxy) is 1. The quantitative estimate of drug-likeness (QED) is 0.549. The maximum Gasteiger partial charge on any atom is 0.147 e. The molecule has 2 aromatic heterocycles. The number of fused-ring (bicyclic) bond motifs is 1. The van der Waals surface area contributed by atoms with Crippen LogP contribution in [0.4, 0.5) is 5.82 Å². The van der Waals surface area contributed by atoms with Crippen LogP contribution in [-0.2, 0) is 0 Å². The lowest BCUT2D eigenvalue weighted by Gasteiger charge is -2.22. The third-order valence-electron chi connectivity index (χ3n) is 4.50. The molecule has 2 aromatic carbocycles. The Hall–Kier alpha value is -3.60. The Balaban J connectivity index is 1.83. The third kappa shape index (κ3) is 3.40. The lowest BCUT2D eigenvalue weighted by Crippen LogP contribution is -2.13. The minimum Gasteiger partial charge on any atom is -0.505 e. The summed E-state index contributed by atoms with van der Waals surface area (Å²) >= 11 is 0. The van der Waals surface area contributed by atoms with Gasteiger partial charge in [0.05, 0.1) is 13.2 Å². The second kappa shape index (κ2) is 7.33. The summed E-state index contributed by atoms with van der Waals surface area (Å²) in [6.07, 6.45) is 3.41. The molecule has 5 nitrogen and oxygen atoms in total. The minimum atomic E-state index is -0.294. The van der Waals surface area contributed by atoms with Gasteiger partial charge in [0.1, 0.15) is 22.8 Å². The number of pyridine rings is 2. The van der Waals surface area contributed by atoms with E-state index in [1.807, 2.05) is 66.7 Å². The fraction of sp³-hybridized carbons (Fsp3) is 0.0909. The molecule has 134 valence electrons. The molecule has 0 aliphatic rings. The third-order valence-corrected chi connectivity index (χ3v) is 4.50. The molecule has 0 aliphatic carbocycles. The first kappa shape index (κ1) is 16.8. The summed E-state index contributed by atoms with van der Waals surface area (Å²) in [5, 5.41) is 15.2. The molecule has 0 spiro atoms. The number of benzene rings is 2. The number of rotatable bonds is 5. The van der Waals surface area contributed by atoms with Crippen molar-refractivity contribution in [2.24, 2.45) is 0 Å². The van der Waals surface area contributed by atoms with Gasteiger partial charge in [0.2, 0.25) is 0 Å². The zero-order valence-electron chi connectivity index (χ0n) is 14.8. The van der Waals surface area contributed by atoms with Crippen LogP contribution in [0.5, 0.6) is 11.5 Å². The van der Waals surface area contributed by atoms with Gasteiger partial charge in [0.15, 0.2) is 0 Å². The van der Waals surface area contributed by atoms with Crippen LogP contribution in [0.3, 0.4) is 0 Å². The predicted molar refractivity (Wildman–Crippen MR) is 106 cm³/mol. The topological polar surface area (TPSA) is 67.3 Å². The van der Waals surface area contributed by atoms with Gasteiger partial charge in [-0.2, -0.15) is 0 Å². The number of hydrogen-bond donors (Lipinski definition) is 2. The molecule has 0 unspecified atom stereocenters. The average Bonchev–Trinajstić information content (AvgIpc) is 2.74. The van der Waals surface area contributed by atoms with E-state index in [4.69, 9.17) is 4.74 Å². The fourth-order valence-corrected chi connectivity index (χ4v) is 3.11. The Kier molecular flexibility index (Phi) is 4.58. The molecule has 0 bridgehead atoms. The Morgan fingerprint density at radius 2 is 1.70 bits per heavy atom. The molecule has 0 saturated carbocycles. The summed E-state index contributed by atoms with van der Waals surface area (Å²) in [7, 11) is 1.64. The van der Waals surface area contributed by atoms with Crippen molar-refractivity contribution in [3.63, 3.8) is 0 Å². The number of aromatic nitrogens is 2. The normalized spacial score (nSPS) is 11.9. The Bertz CT molecular complexity index is 1050. The highest BCUT2D eigenvalue weighted by atomic mass is 16.5. The number of phenolic OH excluding ortho intramolecular Hbond substituents is 1. The maximum atomic E-state index is 10.9. The van der Waals surface area contributed by atoms with Gasteiger partial charge in [-0.05, 0) is 35.9 Å². The molecule has 0 fully saturated rings. The zero-order chi connectivity index (χ0) is 18.6. The zero-order valence-corrected chi connectivity index (χ0v) is 14.8. The van der Waals surface area contributed by atoms with Crippen LogP contribution in [0.25, 0.3) is 10.9 Å². The highest BCUT2D eigenvalue weighted by Crippen LogP contribution is 2.36. The molecule has 0 radical (unpaired) electrons. The number of hydrogen-bond acceptors (Lipinski definition) is 5. The van der Waals surface area contributed by atoms with Crippen molar-refractivity contribution in [3.05, 3.63) is 90.3 Å². The first-order valence-corrected chi connectivity index (χ1v) is 8.64. The Morgan fingerprint density at radius 3 is 2.44 bits per heavy atom. The molecule has 2 N–H and O–H groups in total. The van der Waals surface area contributed by atoms with Crippen molar-refractivity contribution in [2.75, 3.05) is 12.4 Å². The minimum absolute atomic E-state index is 0.164. The molecule has 2 heterocycles. The number of nitrogens with one attached hydrogen (secondary N) is 1. The van der Waals surface area contributed by atoms with Gasteiger partial charge in [-0.25, -0.2) is 4.98 Å². The molecule has 4 aromatic rings. The van der Waals surface area contributed by atoms with Gasteiger partial charge >= 0.3 is 0 Å². The van der Waals surface area contributed by atoms with Gasteiger partial charge in [-0.3, -0.25) is 4.98 Å². The molecule has 5 heteroatoms. The van der Waals surface area contributed by atoms with Crippen molar-refractivity contribution >= 4 is 16.7 Å². The molecule has 0 saturated heterocycles. The van der Waals surface area contributed by atoms with E-state index in [0.717, 1.165) is 28.1 Å². The van der Waals surface area contributed by atoms with Gasteiger partial charge in [-0.1, -0.05) is 36.4 Å². The first-order valence-electron chi connectivity index (χ1n) is 8.64. The molecule has 0 amide bonds. The van der Waals surface area contributed by atoms with Crippen LogP contribution in [0, 0.1) is 0 Å². The molecule has 4 rings (SSSR count). The van der Waals surface area contributed by atoms with E-state index in [2.05, 4.69) is 15.3 Å². The fourth-order valence-electron chi connectivity index (χ4n) is 3.11. The summed E-state index contributed by atoms with van der Waals surface area (Å²) < 4.78 is 5.26. The van der Waals surface area contributed by atoms with E-state index >= 15 is 0 Å². The molecule has 1 atom stereocenters. The number of nitrogens with zero attached hydrogens (tertiary/aromatic N) is 2. The van der Waals surface area contributed by atoms with E-state index in [0.29, 0.717) is 5.52 Å². The van der Waals surface area contributed by atoms with E-state index < -0.39 is 0 Å². The highest BCUT2D eigenvalue weighted by Gasteiger charge is 2.20. The molecular weight excluding hydrogens is 338 g/mol. The van der Waals surface area contributed by atoms with Crippen LogP contribution < -0.4 is 10.1 Å². The van der Waals surface area contributed by atoms with Crippen molar-refractivity contribution in [1.82, 2.24) is 9.97 Å². The van der Waals surface area contributed by atoms with Crippen LogP contribution in [0.15, 0.2) is 79.1 Å². The molecule has 0 aliphatic heterocycles. The Labute approximate surface area is 157 Å². The lowest BCUT2D eigenvalue weighted by molar-refractivity contribution is 0.414. The van der Waals surface area contributed by atoms with E-state index in [-0.39, 0.29) is 11.8 Å². The largest absolute Gasteiger partial charge is 0.505 e.